The molecule has 0 saturated carbocycles. The molecule has 0 bridgehead atoms. The third-order valence-electron chi connectivity index (χ3n) is 10.9. The molecule has 3 aliphatic heterocycles. The summed E-state index contributed by atoms with van der Waals surface area (Å²) in [6.07, 6.45) is 2.05. The monoisotopic (exact) mass is 747 g/mol. The van der Waals surface area contributed by atoms with E-state index in [0.717, 1.165) is 5.56 Å². The van der Waals surface area contributed by atoms with Gasteiger partial charge in [0.15, 0.2) is 11.4 Å². The average molecular weight is 748 g/mol. The summed E-state index contributed by atoms with van der Waals surface area (Å²) in [5, 5.41) is 17.6. The van der Waals surface area contributed by atoms with E-state index in [2.05, 4.69) is 10.3 Å². The summed E-state index contributed by atoms with van der Waals surface area (Å²) in [5.41, 5.74) is 2.67. The molecule has 1 fully saturated rings. The maximum Gasteiger partial charge on any atom is 0.266 e. The van der Waals surface area contributed by atoms with Crippen LogP contribution in [0.4, 0.5) is 21.2 Å². The fraction of sp³-hybridized carbons (Fsp3) is 0.317. The maximum atomic E-state index is 16.4. The molecule has 1 spiro atoms. The number of ether oxygens (including phenoxy) is 3. The maximum absolute atomic E-state index is 16.4. The molecule has 11 nitrogen and oxygen atoms in total. The molecule has 0 unspecified atom stereocenters. The van der Waals surface area contributed by atoms with Gasteiger partial charge in [0.1, 0.15) is 11.5 Å². The summed E-state index contributed by atoms with van der Waals surface area (Å²) in [6.45, 7) is 5.92. The summed E-state index contributed by atoms with van der Waals surface area (Å²) in [6, 6.07) is 27.7. The van der Waals surface area contributed by atoms with Crippen LogP contribution < -0.4 is 19.3 Å². The number of aromatic nitrogens is 3. The number of hydrogen-bond acceptors (Lipinski definition) is 8. The molecular formula is C41H42FN5O6Si. The predicted molar refractivity (Wildman–Crippen MR) is 204 cm³/mol. The van der Waals surface area contributed by atoms with E-state index >= 15 is 4.11 Å². The van der Waals surface area contributed by atoms with Crippen molar-refractivity contribution in [1.82, 2.24) is 15.0 Å². The number of carbonyl (C=O) groups excluding carboxylic acids is 2. The third-order valence-corrected chi connectivity index (χ3v) is 13.4. The van der Waals surface area contributed by atoms with Gasteiger partial charge >= 0.3 is 0 Å². The summed E-state index contributed by atoms with van der Waals surface area (Å²) in [4.78, 5) is 32.3. The van der Waals surface area contributed by atoms with Crippen molar-refractivity contribution < 1.29 is 33.0 Å². The highest BCUT2D eigenvalue weighted by Crippen LogP contribution is 2.61. The lowest BCUT2D eigenvalue weighted by molar-refractivity contribution is -0.146. The number of aryl methyl sites for hydroxylation is 1. The van der Waals surface area contributed by atoms with E-state index < -0.39 is 31.6 Å². The lowest BCUT2D eigenvalue weighted by Gasteiger charge is -2.31. The van der Waals surface area contributed by atoms with E-state index in [1.807, 2.05) is 85.8 Å². The van der Waals surface area contributed by atoms with Crippen LogP contribution in [0.15, 0.2) is 97.2 Å². The Hall–Kier alpha value is -5.37. The molecular weight excluding hydrogens is 706 g/mol. The predicted octanol–water partition coefficient (Wildman–Crippen LogP) is 7.32. The van der Waals surface area contributed by atoms with Crippen LogP contribution in [-0.4, -0.2) is 60.1 Å². The number of carbonyl (C=O) groups is 2. The standard InChI is InChI=1S/C41H42FN5O6Si/c1-26-38(54(3,4)42)37(19-21-45-25-28(20-22-48)43-44-45)53-41(26)32-23-30(51-2)17-18-33(32)46(40(41)50)24-27-13-15-29(16-14-27)47-34-10-6-8-12-36(34)52-35-11-7-5-9-31(35)39(47)49/h5-18,23,25-26,37-38,48H,19-22,24H2,1-4H3/t26-,37+,38-,41+/m0/s1. The Morgan fingerprint density at radius 2 is 1.70 bits per heavy atom. The first-order valence-electron chi connectivity index (χ1n) is 18.2. The number of para-hydroxylation sites is 3. The Labute approximate surface area is 314 Å². The van der Waals surface area contributed by atoms with Crippen molar-refractivity contribution in [2.45, 2.75) is 63.2 Å². The van der Waals surface area contributed by atoms with Crippen LogP contribution in [0.3, 0.4) is 0 Å². The van der Waals surface area contributed by atoms with E-state index in [0.29, 0.717) is 70.5 Å². The zero-order valence-electron chi connectivity index (χ0n) is 30.6. The van der Waals surface area contributed by atoms with Gasteiger partial charge in [0, 0.05) is 48.5 Å². The molecule has 1 N–H and O–H groups in total. The van der Waals surface area contributed by atoms with Gasteiger partial charge in [-0.05, 0) is 79.7 Å². The molecule has 278 valence electrons. The van der Waals surface area contributed by atoms with Crippen LogP contribution in [0.2, 0.25) is 18.6 Å². The Bertz CT molecular complexity index is 2220. The van der Waals surface area contributed by atoms with Crippen molar-refractivity contribution in [3.8, 4) is 17.2 Å². The molecule has 1 saturated heterocycles. The third kappa shape index (κ3) is 5.96. The molecule has 1 aromatic heterocycles. The molecule has 13 heteroatoms. The summed E-state index contributed by atoms with van der Waals surface area (Å²) >= 11 is 0. The number of benzene rings is 4. The van der Waals surface area contributed by atoms with E-state index in [1.54, 1.807) is 53.0 Å². The van der Waals surface area contributed by atoms with Gasteiger partial charge in [0.2, 0.25) is 8.41 Å². The van der Waals surface area contributed by atoms with Crippen LogP contribution >= 0.6 is 0 Å². The van der Waals surface area contributed by atoms with Gasteiger partial charge in [0.05, 0.1) is 42.4 Å². The fourth-order valence-electron chi connectivity index (χ4n) is 8.51. The number of nitrogens with zero attached hydrogens (tertiary/aromatic N) is 5. The van der Waals surface area contributed by atoms with Crippen LogP contribution in [0.1, 0.15) is 40.5 Å². The van der Waals surface area contributed by atoms with Crippen LogP contribution in [0, 0.1) is 5.92 Å². The molecule has 5 aromatic rings. The van der Waals surface area contributed by atoms with Gasteiger partial charge in [-0.15, -0.1) is 5.10 Å². The lowest BCUT2D eigenvalue weighted by Crippen LogP contribution is -2.45. The minimum absolute atomic E-state index is 0.0309. The van der Waals surface area contributed by atoms with Crippen molar-refractivity contribution in [2.24, 2.45) is 5.92 Å². The summed E-state index contributed by atoms with van der Waals surface area (Å²) in [5.74, 6) is 0.696. The lowest BCUT2D eigenvalue weighted by atomic mass is 9.82. The molecule has 3 aliphatic rings. The van der Waals surface area contributed by atoms with Gasteiger partial charge in [-0.25, -0.2) is 0 Å². The number of fused-ring (bicyclic) bond motifs is 4. The Kier molecular flexibility index (Phi) is 9.11. The first-order valence-corrected chi connectivity index (χ1v) is 21.2. The summed E-state index contributed by atoms with van der Waals surface area (Å²) < 4.78 is 36.8. The molecule has 4 aromatic carbocycles. The minimum atomic E-state index is -3.38. The molecule has 4 atom stereocenters. The number of hydrogen-bond donors (Lipinski definition) is 1. The van der Waals surface area contributed by atoms with Crippen molar-refractivity contribution in [3.05, 3.63) is 120 Å². The first kappa shape index (κ1) is 35.6. The number of methoxy groups -OCH3 is 1. The number of anilines is 3. The first-order chi connectivity index (χ1) is 26.0. The van der Waals surface area contributed by atoms with Crippen LogP contribution in [0.25, 0.3) is 0 Å². The molecule has 54 heavy (non-hydrogen) atoms. The molecule has 2 amide bonds. The Morgan fingerprint density at radius 1 is 0.963 bits per heavy atom. The van der Waals surface area contributed by atoms with Gasteiger partial charge in [-0.2, -0.15) is 0 Å². The van der Waals surface area contributed by atoms with E-state index in [4.69, 9.17) is 14.2 Å². The van der Waals surface area contributed by atoms with Crippen molar-refractivity contribution in [3.63, 3.8) is 0 Å². The van der Waals surface area contributed by atoms with Gasteiger partial charge in [-0.1, -0.05) is 48.5 Å². The second-order valence-electron chi connectivity index (χ2n) is 14.7. The highest BCUT2D eigenvalue weighted by atomic mass is 28.4. The highest BCUT2D eigenvalue weighted by molar-refractivity contribution is 6.72. The second-order valence-corrected chi connectivity index (χ2v) is 18.4. The van der Waals surface area contributed by atoms with Crippen molar-refractivity contribution in [1.29, 1.82) is 0 Å². The second kappa shape index (κ2) is 13.8. The van der Waals surface area contributed by atoms with Crippen molar-refractivity contribution in [2.75, 3.05) is 23.5 Å². The normalized spacial score (nSPS) is 21.9. The smallest absolute Gasteiger partial charge is 0.266 e. The van der Waals surface area contributed by atoms with Gasteiger partial charge in [-0.3, -0.25) is 19.2 Å². The zero-order chi connectivity index (χ0) is 37.8. The van der Waals surface area contributed by atoms with Crippen LogP contribution in [0.5, 0.6) is 17.2 Å². The number of amides is 2. The SMILES string of the molecule is COc1ccc2c(c1)[C@@]1(O[C@H](CCn3cc(CCO)nn3)[C@@H]([Si](C)(C)F)[C@@H]1C)C(=O)N2Cc1ccc(N2C(=O)c3ccccc3Oc3ccccc32)cc1. The quantitative estimate of drug-likeness (QED) is 0.117. The number of aliphatic hydroxyl groups is 1. The number of halogens is 1. The van der Waals surface area contributed by atoms with E-state index in [1.165, 1.54) is 0 Å². The molecule has 4 heterocycles. The van der Waals surface area contributed by atoms with Gasteiger partial charge < -0.3 is 28.3 Å². The zero-order valence-corrected chi connectivity index (χ0v) is 31.6. The molecule has 0 aliphatic carbocycles. The van der Waals surface area contributed by atoms with Crippen LogP contribution in [-0.2, 0) is 34.6 Å². The average Bonchev–Trinajstić information content (AvgIpc) is 3.78. The summed E-state index contributed by atoms with van der Waals surface area (Å²) in [7, 11) is -1.81. The molecule has 0 radical (unpaired) electrons. The fourth-order valence-corrected chi connectivity index (χ4v) is 11.1. The minimum Gasteiger partial charge on any atom is -0.497 e. The Morgan fingerprint density at radius 3 is 2.44 bits per heavy atom. The number of aliphatic hydroxyl groups excluding tert-OH is 1. The largest absolute Gasteiger partial charge is 0.497 e. The topological polar surface area (TPSA) is 119 Å². The highest BCUT2D eigenvalue weighted by Gasteiger charge is 2.66. The van der Waals surface area contributed by atoms with E-state index in [-0.39, 0.29) is 25.0 Å². The van der Waals surface area contributed by atoms with Gasteiger partial charge in [0.25, 0.3) is 11.8 Å². The number of rotatable bonds is 10. The molecule has 8 rings (SSSR count). The Balaban J connectivity index is 1.11. The van der Waals surface area contributed by atoms with E-state index in [9.17, 15) is 14.7 Å². The van der Waals surface area contributed by atoms with Crippen molar-refractivity contribution >= 4 is 37.3 Å².